The topological polar surface area (TPSA) is 69.7 Å². The van der Waals surface area contributed by atoms with Gasteiger partial charge in [0.25, 0.3) is 0 Å². The summed E-state index contributed by atoms with van der Waals surface area (Å²) in [5.74, 6) is -0.921. The van der Waals surface area contributed by atoms with Gasteiger partial charge in [-0.1, -0.05) is 42.5 Å². The van der Waals surface area contributed by atoms with Gasteiger partial charge in [0.1, 0.15) is 5.82 Å². The van der Waals surface area contributed by atoms with E-state index in [2.05, 4.69) is 16.3 Å². The molecule has 30 heavy (non-hydrogen) atoms. The molecular weight excluding hydrogens is 405 g/mol. The molecule has 1 N–H and O–H groups in total. The van der Waals surface area contributed by atoms with E-state index in [1.165, 1.54) is 31.0 Å². The van der Waals surface area contributed by atoms with Crippen molar-refractivity contribution in [3.63, 3.8) is 0 Å². The van der Waals surface area contributed by atoms with E-state index in [1.807, 2.05) is 18.2 Å². The van der Waals surface area contributed by atoms with Crippen molar-refractivity contribution in [1.29, 1.82) is 0 Å². The van der Waals surface area contributed by atoms with Crippen LogP contribution >= 0.6 is 0 Å². The first-order chi connectivity index (χ1) is 14.3. The molecule has 0 aliphatic carbocycles. The summed E-state index contributed by atoms with van der Waals surface area (Å²) in [5.41, 5.74) is 2.40. The van der Waals surface area contributed by atoms with Crippen molar-refractivity contribution in [3.8, 4) is 0 Å². The van der Waals surface area contributed by atoms with Crippen LogP contribution in [0.2, 0.25) is 0 Å². The van der Waals surface area contributed by atoms with E-state index >= 15 is 0 Å². The molecule has 1 fully saturated rings. The number of carbonyl (C=O) groups is 1. The highest BCUT2D eigenvalue weighted by Gasteiger charge is 2.22. The van der Waals surface area contributed by atoms with Crippen LogP contribution in [-0.2, 0) is 34.5 Å². The molecule has 1 heterocycles. The molecule has 2 aromatic carbocycles. The first-order valence-corrected chi connectivity index (χ1v) is 11.9. The number of halogens is 1. The van der Waals surface area contributed by atoms with E-state index in [0.29, 0.717) is 6.54 Å². The number of amides is 1. The number of carbonyl (C=O) groups excluding carboxylic acids is 1. The summed E-state index contributed by atoms with van der Waals surface area (Å²) in [7, 11) is -3.68. The lowest BCUT2D eigenvalue weighted by molar-refractivity contribution is -0.121. The third kappa shape index (κ3) is 6.35. The van der Waals surface area contributed by atoms with Gasteiger partial charge in [-0.2, -0.15) is 4.31 Å². The van der Waals surface area contributed by atoms with Gasteiger partial charge in [-0.05, 0) is 43.1 Å². The summed E-state index contributed by atoms with van der Waals surface area (Å²) >= 11 is 0. The molecule has 0 spiro atoms. The van der Waals surface area contributed by atoms with E-state index in [0.717, 1.165) is 41.3 Å². The SMILES string of the molecule is CS(=O)(=O)N(CC(=O)NCc1ccccc1CN1CCCC1)Cc1ccccc1F. The van der Waals surface area contributed by atoms with Crippen molar-refractivity contribution in [1.82, 2.24) is 14.5 Å². The largest absolute Gasteiger partial charge is 0.351 e. The molecule has 0 unspecified atom stereocenters. The molecule has 8 heteroatoms. The fraction of sp³-hybridized carbons (Fsp3) is 0.409. The highest BCUT2D eigenvalue weighted by Crippen LogP contribution is 2.16. The van der Waals surface area contributed by atoms with Crippen LogP contribution in [0.3, 0.4) is 0 Å². The first-order valence-electron chi connectivity index (χ1n) is 10.1. The van der Waals surface area contributed by atoms with Gasteiger partial charge in [0.05, 0.1) is 12.8 Å². The molecule has 162 valence electrons. The number of nitrogens with zero attached hydrogens (tertiary/aromatic N) is 2. The molecule has 0 bridgehead atoms. The molecule has 1 saturated heterocycles. The molecule has 1 aliphatic heterocycles. The van der Waals surface area contributed by atoms with Crippen molar-refractivity contribution in [3.05, 3.63) is 71.0 Å². The summed E-state index contributed by atoms with van der Waals surface area (Å²) in [5, 5.41) is 2.81. The Labute approximate surface area is 177 Å². The Kier molecular flexibility index (Phi) is 7.58. The first kappa shape index (κ1) is 22.4. The Morgan fingerprint density at radius 2 is 1.63 bits per heavy atom. The number of hydrogen-bond acceptors (Lipinski definition) is 4. The van der Waals surface area contributed by atoms with Gasteiger partial charge in [0.15, 0.2) is 0 Å². The average molecular weight is 434 g/mol. The molecule has 2 aromatic rings. The predicted octanol–water partition coefficient (Wildman–Crippen LogP) is 2.50. The molecule has 0 radical (unpaired) electrons. The number of hydrogen-bond donors (Lipinski definition) is 1. The van der Waals surface area contributed by atoms with Gasteiger partial charge in [-0.25, -0.2) is 12.8 Å². The molecule has 0 atom stereocenters. The zero-order valence-electron chi connectivity index (χ0n) is 17.2. The van der Waals surface area contributed by atoms with E-state index in [4.69, 9.17) is 0 Å². The van der Waals surface area contributed by atoms with Crippen LogP contribution in [0.5, 0.6) is 0 Å². The van der Waals surface area contributed by atoms with Crippen LogP contribution in [0.1, 0.15) is 29.5 Å². The monoisotopic (exact) mass is 433 g/mol. The molecule has 3 rings (SSSR count). The van der Waals surface area contributed by atoms with E-state index in [9.17, 15) is 17.6 Å². The highest BCUT2D eigenvalue weighted by atomic mass is 32.2. The fourth-order valence-corrected chi connectivity index (χ4v) is 4.31. The van der Waals surface area contributed by atoms with Crippen LogP contribution in [0.25, 0.3) is 0 Å². The third-order valence-electron chi connectivity index (χ3n) is 5.28. The van der Waals surface area contributed by atoms with E-state index in [1.54, 1.807) is 6.07 Å². The summed E-state index contributed by atoms with van der Waals surface area (Å²) in [6.45, 7) is 2.78. The highest BCUT2D eigenvalue weighted by molar-refractivity contribution is 7.88. The van der Waals surface area contributed by atoms with Gasteiger partial charge < -0.3 is 5.32 Å². The zero-order valence-corrected chi connectivity index (χ0v) is 18.0. The summed E-state index contributed by atoms with van der Waals surface area (Å²) in [6.07, 6.45) is 3.44. The van der Waals surface area contributed by atoms with E-state index in [-0.39, 0.29) is 18.7 Å². The van der Waals surface area contributed by atoms with Gasteiger partial charge >= 0.3 is 0 Å². The molecule has 1 amide bonds. The summed E-state index contributed by atoms with van der Waals surface area (Å²) in [6, 6.07) is 13.9. The van der Waals surface area contributed by atoms with Crippen LogP contribution in [0, 0.1) is 5.82 Å². The number of benzene rings is 2. The molecular formula is C22H28FN3O3S. The molecule has 6 nitrogen and oxygen atoms in total. The van der Waals surface area contributed by atoms with Crippen molar-refractivity contribution >= 4 is 15.9 Å². The summed E-state index contributed by atoms with van der Waals surface area (Å²) in [4.78, 5) is 14.9. The molecule has 1 aliphatic rings. The van der Waals surface area contributed by atoms with Gasteiger partial charge in [0.2, 0.25) is 15.9 Å². The Morgan fingerprint density at radius 3 is 2.27 bits per heavy atom. The Bertz CT molecular complexity index is 975. The molecule has 0 aromatic heterocycles. The fourth-order valence-electron chi connectivity index (χ4n) is 3.58. The van der Waals surface area contributed by atoms with Crippen LogP contribution in [0.15, 0.2) is 48.5 Å². The van der Waals surface area contributed by atoms with E-state index < -0.39 is 21.7 Å². The minimum atomic E-state index is -3.68. The quantitative estimate of drug-likeness (QED) is 0.660. The summed E-state index contributed by atoms with van der Waals surface area (Å²) < 4.78 is 39.2. The Morgan fingerprint density at radius 1 is 1.03 bits per heavy atom. The maximum absolute atomic E-state index is 13.9. The normalized spacial score (nSPS) is 14.9. The zero-order chi connectivity index (χ0) is 21.6. The lowest BCUT2D eigenvalue weighted by Gasteiger charge is -2.21. The second-order valence-corrected chi connectivity index (χ2v) is 9.63. The predicted molar refractivity (Wildman–Crippen MR) is 114 cm³/mol. The van der Waals surface area contributed by atoms with Gasteiger partial charge in [-0.3, -0.25) is 9.69 Å². The molecule has 0 saturated carbocycles. The average Bonchev–Trinajstić information content (AvgIpc) is 3.21. The number of rotatable bonds is 9. The van der Waals surface area contributed by atoms with Crippen LogP contribution < -0.4 is 5.32 Å². The third-order valence-corrected chi connectivity index (χ3v) is 6.48. The van der Waals surface area contributed by atoms with Crippen molar-refractivity contribution in [2.75, 3.05) is 25.9 Å². The Hall–Kier alpha value is -2.29. The second kappa shape index (κ2) is 10.1. The van der Waals surface area contributed by atoms with Crippen LogP contribution in [0.4, 0.5) is 4.39 Å². The standard InChI is InChI=1S/C22H28FN3O3S/c1-30(28,29)26(16-20-10-4-5-11-21(20)23)17-22(27)24-14-18-8-2-3-9-19(18)15-25-12-6-7-13-25/h2-5,8-11H,6-7,12-17H2,1H3,(H,24,27). The minimum absolute atomic E-state index is 0.190. The minimum Gasteiger partial charge on any atom is -0.351 e. The lowest BCUT2D eigenvalue weighted by Crippen LogP contribution is -2.39. The maximum Gasteiger partial charge on any atom is 0.235 e. The number of nitrogens with one attached hydrogen (secondary N) is 1. The van der Waals surface area contributed by atoms with Crippen molar-refractivity contribution in [2.45, 2.75) is 32.5 Å². The maximum atomic E-state index is 13.9. The second-order valence-electron chi connectivity index (χ2n) is 7.65. The lowest BCUT2D eigenvalue weighted by atomic mass is 10.1. The number of sulfonamides is 1. The van der Waals surface area contributed by atoms with Gasteiger partial charge in [0, 0.05) is 25.2 Å². The van der Waals surface area contributed by atoms with Gasteiger partial charge in [-0.15, -0.1) is 0 Å². The Balaban J connectivity index is 1.62. The van der Waals surface area contributed by atoms with Crippen molar-refractivity contribution in [2.24, 2.45) is 0 Å². The van der Waals surface area contributed by atoms with Crippen LogP contribution in [-0.4, -0.2) is 49.4 Å². The van der Waals surface area contributed by atoms with Crippen molar-refractivity contribution < 1.29 is 17.6 Å². The smallest absolute Gasteiger partial charge is 0.235 e. The number of likely N-dealkylation sites (tertiary alicyclic amines) is 1.